The van der Waals surface area contributed by atoms with E-state index in [2.05, 4.69) is 16.0 Å². The first-order chi connectivity index (χ1) is 17.9. The van der Waals surface area contributed by atoms with Crippen molar-refractivity contribution in [3.8, 4) is 0 Å². The van der Waals surface area contributed by atoms with Gasteiger partial charge in [-0.3, -0.25) is 24.5 Å². The van der Waals surface area contributed by atoms with Crippen LogP contribution in [0.5, 0.6) is 0 Å². The number of benzene rings is 2. The van der Waals surface area contributed by atoms with Crippen LogP contribution in [0.3, 0.4) is 0 Å². The standard InChI is InChI=1S/C27H29ClN4O6/c1-27(2,3)38-26(37)31-22(16-5-4-6-18(28)12-16)24(35)29-13-15-7-8-19-17(11-15)14-32(25(19)36)20-9-10-21(33)30-23(20)34/h4-8,11-12,20,22H,9-10,13-14H2,1-3H3,(H,29,35)(H,31,37)(H,30,33,34)/t20?,22-/m0/s1. The lowest BCUT2D eigenvalue weighted by Crippen LogP contribution is -2.52. The smallest absolute Gasteiger partial charge is 0.408 e. The number of alkyl carbamates (subject to hydrolysis) is 1. The zero-order valence-corrected chi connectivity index (χ0v) is 22.1. The monoisotopic (exact) mass is 540 g/mol. The Morgan fingerprint density at radius 3 is 2.61 bits per heavy atom. The molecule has 1 saturated heterocycles. The highest BCUT2D eigenvalue weighted by molar-refractivity contribution is 6.30. The van der Waals surface area contributed by atoms with Crippen molar-refractivity contribution in [3.05, 3.63) is 69.7 Å². The first-order valence-corrected chi connectivity index (χ1v) is 12.6. The molecule has 2 atom stereocenters. The van der Waals surface area contributed by atoms with Crippen LogP contribution in [0.15, 0.2) is 42.5 Å². The molecule has 0 aliphatic carbocycles. The highest BCUT2D eigenvalue weighted by Crippen LogP contribution is 2.28. The Morgan fingerprint density at radius 1 is 1.16 bits per heavy atom. The maximum absolute atomic E-state index is 13.2. The minimum Gasteiger partial charge on any atom is -0.444 e. The number of imide groups is 1. The van der Waals surface area contributed by atoms with Gasteiger partial charge in [-0.2, -0.15) is 0 Å². The number of fused-ring (bicyclic) bond motifs is 1. The van der Waals surface area contributed by atoms with Gasteiger partial charge < -0.3 is 20.3 Å². The maximum atomic E-state index is 13.2. The maximum Gasteiger partial charge on any atom is 0.408 e. The van der Waals surface area contributed by atoms with Gasteiger partial charge in [0, 0.05) is 30.1 Å². The fraction of sp³-hybridized carbons (Fsp3) is 0.370. The fourth-order valence-corrected chi connectivity index (χ4v) is 4.64. The lowest BCUT2D eigenvalue weighted by Gasteiger charge is -2.29. The minimum absolute atomic E-state index is 0.131. The molecule has 38 heavy (non-hydrogen) atoms. The number of piperidine rings is 1. The zero-order valence-electron chi connectivity index (χ0n) is 21.3. The molecule has 0 spiro atoms. The van der Waals surface area contributed by atoms with Gasteiger partial charge >= 0.3 is 6.09 Å². The van der Waals surface area contributed by atoms with Crippen molar-refractivity contribution in [1.82, 2.24) is 20.9 Å². The number of carbonyl (C=O) groups excluding carboxylic acids is 5. The molecular formula is C27H29ClN4O6. The topological polar surface area (TPSA) is 134 Å². The van der Waals surface area contributed by atoms with E-state index in [-0.39, 0.29) is 37.7 Å². The van der Waals surface area contributed by atoms with Gasteiger partial charge in [-0.25, -0.2) is 4.79 Å². The third-order valence-corrected chi connectivity index (χ3v) is 6.40. The molecule has 2 aliphatic rings. The number of amides is 5. The molecule has 2 aliphatic heterocycles. The van der Waals surface area contributed by atoms with E-state index in [0.717, 1.165) is 11.1 Å². The second-order valence-corrected chi connectivity index (χ2v) is 10.7. The van der Waals surface area contributed by atoms with Crippen LogP contribution in [0.1, 0.15) is 66.7 Å². The van der Waals surface area contributed by atoms with Crippen LogP contribution < -0.4 is 16.0 Å². The summed E-state index contributed by atoms with van der Waals surface area (Å²) in [6.45, 7) is 5.53. The van der Waals surface area contributed by atoms with Crippen LogP contribution in [0.4, 0.5) is 4.79 Å². The van der Waals surface area contributed by atoms with Gasteiger partial charge in [-0.05, 0) is 62.1 Å². The SMILES string of the molecule is CC(C)(C)OC(=O)N[C@H](C(=O)NCc1ccc2c(c1)CN(C1CCC(=O)NC1=O)C2=O)c1cccc(Cl)c1. The lowest BCUT2D eigenvalue weighted by atomic mass is 10.0. The van der Waals surface area contributed by atoms with E-state index in [1.165, 1.54) is 4.90 Å². The summed E-state index contributed by atoms with van der Waals surface area (Å²) in [5.41, 5.74) is 1.68. The fourth-order valence-electron chi connectivity index (χ4n) is 4.44. The quantitative estimate of drug-likeness (QED) is 0.482. The van der Waals surface area contributed by atoms with Crippen LogP contribution in [0.2, 0.25) is 5.02 Å². The summed E-state index contributed by atoms with van der Waals surface area (Å²) in [6.07, 6.45) is -0.288. The Labute approximate surface area is 225 Å². The van der Waals surface area contributed by atoms with Crippen LogP contribution in [-0.2, 0) is 32.2 Å². The molecule has 11 heteroatoms. The zero-order chi connectivity index (χ0) is 27.6. The number of rotatable bonds is 6. The molecule has 2 aromatic carbocycles. The predicted octanol–water partition coefficient (Wildman–Crippen LogP) is 2.98. The Hall–Kier alpha value is -3.92. The molecule has 0 radical (unpaired) electrons. The number of hydrogen-bond donors (Lipinski definition) is 3. The summed E-state index contributed by atoms with van der Waals surface area (Å²) in [7, 11) is 0. The van der Waals surface area contributed by atoms with E-state index < -0.39 is 35.6 Å². The van der Waals surface area contributed by atoms with Gasteiger partial charge in [0.2, 0.25) is 17.7 Å². The molecule has 1 fully saturated rings. The van der Waals surface area contributed by atoms with E-state index in [1.807, 2.05) is 0 Å². The van der Waals surface area contributed by atoms with E-state index in [1.54, 1.807) is 63.2 Å². The number of hydrogen-bond acceptors (Lipinski definition) is 6. The average molecular weight is 541 g/mol. The summed E-state index contributed by atoms with van der Waals surface area (Å²) in [6, 6.07) is 10.0. The molecule has 0 bridgehead atoms. The summed E-state index contributed by atoms with van der Waals surface area (Å²) in [5, 5.41) is 8.12. The van der Waals surface area contributed by atoms with Gasteiger partial charge in [-0.15, -0.1) is 0 Å². The van der Waals surface area contributed by atoms with E-state index >= 15 is 0 Å². The van der Waals surface area contributed by atoms with E-state index in [9.17, 15) is 24.0 Å². The minimum atomic E-state index is -1.05. The van der Waals surface area contributed by atoms with Gasteiger partial charge in [-0.1, -0.05) is 35.9 Å². The number of carbonyl (C=O) groups is 5. The van der Waals surface area contributed by atoms with E-state index in [0.29, 0.717) is 16.1 Å². The van der Waals surface area contributed by atoms with Crippen LogP contribution in [-0.4, -0.2) is 46.3 Å². The Kier molecular flexibility index (Phi) is 7.73. The number of nitrogens with one attached hydrogen (secondary N) is 3. The van der Waals surface area contributed by atoms with Crippen molar-refractivity contribution in [2.24, 2.45) is 0 Å². The van der Waals surface area contributed by atoms with Crippen molar-refractivity contribution in [2.45, 2.75) is 64.4 Å². The van der Waals surface area contributed by atoms with Crippen molar-refractivity contribution in [1.29, 1.82) is 0 Å². The highest BCUT2D eigenvalue weighted by Gasteiger charge is 2.39. The number of ether oxygens (including phenoxy) is 1. The average Bonchev–Trinajstić information content (AvgIpc) is 3.15. The van der Waals surface area contributed by atoms with Gasteiger partial charge in [0.15, 0.2) is 0 Å². The molecule has 5 amide bonds. The second-order valence-electron chi connectivity index (χ2n) is 10.2. The molecule has 0 aromatic heterocycles. The molecule has 3 N–H and O–H groups in total. The van der Waals surface area contributed by atoms with Crippen LogP contribution >= 0.6 is 11.6 Å². The summed E-state index contributed by atoms with van der Waals surface area (Å²) in [5.74, 6) is -1.56. The first-order valence-electron chi connectivity index (χ1n) is 12.2. The summed E-state index contributed by atoms with van der Waals surface area (Å²) in [4.78, 5) is 63.7. The molecule has 1 unspecified atom stereocenters. The number of nitrogens with zero attached hydrogens (tertiary/aromatic N) is 1. The highest BCUT2D eigenvalue weighted by atomic mass is 35.5. The van der Waals surface area contributed by atoms with Crippen molar-refractivity contribution in [3.63, 3.8) is 0 Å². The first kappa shape index (κ1) is 27.1. The molecule has 0 saturated carbocycles. The second kappa shape index (κ2) is 10.8. The van der Waals surface area contributed by atoms with Gasteiger partial charge in [0.25, 0.3) is 5.91 Å². The normalized spacial score (nSPS) is 17.9. The Morgan fingerprint density at radius 2 is 1.92 bits per heavy atom. The Balaban J connectivity index is 1.45. The predicted molar refractivity (Wildman–Crippen MR) is 138 cm³/mol. The van der Waals surface area contributed by atoms with Crippen molar-refractivity contribution in [2.75, 3.05) is 0 Å². The molecule has 4 rings (SSSR count). The molecule has 200 valence electrons. The third-order valence-electron chi connectivity index (χ3n) is 6.16. The van der Waals surface area contributed by atoms with E-state index in [4.69, 9.17) is 16.3 Å². The van der Waals surface area contributed by atoms with Gasteiger partial charge in [0.1, 0.15) is 17.7 Å². The lowest BCUT2D eigenvalue weighted by molar-refractivity contribution is -0.137. The number of halogens is 1. The summed E-state index contributed by atoms with van der Waals surface area (Å²) < 4.78 is 5.32. The third kappa shape index (κ3) is 6.31. The molecular weight excluding hydrogens is 512 g/mol. The van der Waals surface area contributed by atoms with Crippen molar-refractivity contribution >= 4 is 41.3 Å². The molecule has 2 heterocycles. The largest absolute Gasteiger partial charge is 0.444 e. The van der Waals surface area contributed by atoms with Gasteiger partial charge in [0.05, 0.1) is 0 Å². The molecule has 10 nitrogen and oxygen atoms in total. The summed E-state index contributed by atoms with van der Waals surface area (Å²) >= 11 is 6.11. The van der Waals surface area contributed by atoms with Crippen molar-refractivity contribution < 1.29 is 28.7 Å². The Bertz CT molecular complexity index is 1300. The van der Waals surface area contributed by atoms with Crippen LogP contribution in [0.25, 0.3) is 0 Å². The molecule has 2 aromatic rings. The van der Waals surface area contributed by atoms with Crippen LogP contribution in [0, 0.1) is 0 Å².